The second kappa shape index (κ2) is 7.56. The van der Waals surface area contributed by atoms with E-state index >= 15 is 0 Å². The summed E-state index contributed by atoms with van der Waals surface area (Å²) in [5, 5.41) is 0. The van der Waals surface area contributed by atoms with Crippen LogP contribution in [0.2, 0.25) is 0 Å². The van der Waals surface area contributed by atoms with Crippen molar-refractivity contribution in [1.82, 2.24) is 4.90 Å². The Morgan fingerprint density at radius 3 is 2.07 bits per heavy atom. The number of hydrogen-bond acceptors (Lipinski definition) is 3. The molecule has 0 amide bonds. The van der Waals surface area contributed by atoms with Crippen LogP contribution in [0.1, 0.15) is 26.7 Å². The molecule has 0 atom stereocenters. The summed E-state index contributed by atoms with van der Waals surface area (Å²) in [6, 6.07) is 0.775. The maximum absolute atomic E-state index is 9.84. The van der Waals surface area contributed by atoms with Crippen molar-refractivity contribution < 1.29 is 9.53 Å². The molecule has 0 N–H and O–H groups in total. The molecule has 0 unspecified atom stereocenters. The summed E-state index contributed by atoms with van der Waals surface area (Å²) in [5.74, 6) is -0.394. The molecule has 0 radical (unpaired) electrons. The minimum atomic E-state index is -0.394. The third-order valence-electron chi connectivity index (χ3n) is 2.24. The van der Waals surface area contributed by atoms with Crippen molar-refractivity contribution in [3.63, 3.8) is 0 Å². The van der Waals surface area contributed by atoms with Crippen molar-refractivity contribution in [3.05, 3.63) is 12.7 Å². The van der Waals surface area contributed by atoms with Gasteiger partial charge in [-0.15, -0.1) is 0 Å². The molecule has 1 saturated heterocycles. The standard InChI is InChI=1S/C7H15N.C4H6O2/c1-7(2)8-5-3-4-6-8;1-3-4(5)6-2/h7H,3-6H2,1-2H3;3H,1H2,2H3. The Kier molecular flexibility index (Phi) is 7.11. The van der Waals surface area contributed by atoms with E-state index in [0.717, 1.165) is 12.1 Å². The van der Waals surface area contributed by atoms with Gasteiger partial charge >= 0.3 is 5.97 Å². The first-order valence-corrected chi connectivity index (χ1v) is 5.06. The minimum Gasteiger partial charge on any atom is -0.466 e. The lowest BCUT2D eigenvalue weighted by Gasteiger charge is -2.18. The summed E-state index contributed by atoms with van der Waals surface area (Å²) in [5.41, 5.74) is 0. The maximum atomic E-state index is 9.84. The molecule has 0 saturated carbocycles. The molecule has 1 aliphatic heterocycles. The summed E-state index contributed by atoms with van der Waals surface area (Å²) in [6.07, 6.45) is 3.94. The number of ether oxygens (including phenoxy) is 1. The van der Waals surface area contributed by atoms with Gasteiger partial charge in [0.2, 0.25) is 0 Å². The zero-order valence-corrected chi connectivity index (χ0v) is 9.45. The molecule has 1 rings (SSSR count). The molecular weight excluding hydrogens is 178 g/mol. The van der Waals surface area contributed by atoms with E-state index in [0.29, 0.717) is 0 Å². The molecule has 0 spiro atoms. The fourth-order valence-electron chi connectivity index (χ4n) is 1.34. The van der Waals surface area contributed by atoms with Crippen molar-refractivity contribution in [2.45, 2.75) is 32.7 Å². The third kappa shape index (κ3) is 5.75. The SMILES string of the molecule is C=CC(=O)OC.CC(C)N1CCCC1. The Labute approximate surface area is 86.7 Å². The van der Waals surface area contributed by atoms with E-state index < -0.39 is 5.97 Å². The van der Waals surface area contributed by atoms with E-state index in [2.05, 4.69) is 30.1 Å². The Hall–Kier alpha value is -0.830. The number of rotatable bonds is 2. The van der Waals surface area contributed by atoms with Crippen LogP contribution in [0.5, 0.6) is 0 Å². The maximum Gasteiger partial charge on any atom is 0.329 e. The number of likely N-dealkylation sites (tertiary alicyclic amines) is 1. The van der Waals surface area contributed by atoms with E-state index in [-0.39, 0.29) is 0 Å². The highest BCUT2D eigenvalue weighted by molar-refractivity contribution is 5.80. The Balaban J connectivity index is 0.000000255. The van der Waals surface area contributed by atoms with E-state index in [9.17, 15) is 4.79 Å². The highest BCUT2D eigenvalue weighted by atomic mass is 16.5. The molecule has 1 fully saturated rings. The van der Waals surface area contributed by atoms with Gasteiger partial charge in [0, 0.05) is 12.1 Å². The summed E-state index contributed by atoms with van der Waals surface area (Å²) in [4.78, 5) is 12.4. The van der Waals surface area contributed by atoms with Crippen LogP contribution in [0.15, 0.2) is 12.7 Å². The minimum absolute atomic E-state index is 0.394. The van der Waals surface area contributed by atoms with Crippen LogP contribution in [0.25, 0.3) is 0 Å². The normalized spacial score (nSPS) is 16.0. The third-order valence-corrected chi connectivity index (χ3v) is 2.24. The summed E-state index contributed by atoms with van der Waals surface area (Å²) < 4.78 is 4.14. The van der Waals surface area contributed by atoms with Gasteiger partial charge in [0.25, 0.3) is 0 Å². The molecule has 82 valence electrons. The van der Waals surface area contributed by atoms with Crippen LogP contribution in [-0.4, -0.2) is 37.1 Å². The molecule has 0 aliphatic carbocycles. The smallest absolute Gasteiger partial charge is 0.329 e. The first kappa shape index (κ1) is 13.2. The highest BCUT2D eigenvalue weighted by Crippen LogP contribution is 2.09. The number of nitrogens with zero attached hydrogens (tertiary/aromatic N) is 1. The monoisotopic (exact) mass is 199 g/mol. The van der Waals surface area contributed by atoms with Crippen molar-refractivity contribution in [3.8, 4) is 0 Å². The topological polar surface area (TPSA) is 29.5 Å². The Morgan fingerprint density at radius 2 is 1.93 bits per heavy atom. The van der Waals surface area contributed by atoms with Crippen LogP contribution in [0.4, 0.5) is 0 Å². The van der Waals surface area contributed by atoms with Crippen LogP contribution in [-0.2, 0) is 9.53 Å². The molecule has 1 aliphatic rings. The van der Waals surface area contributed by atoms with Gasteiger partial charge in [0.1, 0.15) is 0 Å². The predicted octanol–water partition coefficient (Wildman–Crippen LogP) is 1.84. The number of carbonyl (C=O) groups excluding carboxylic acids is 1. The average molecular weight is 199 g/mol. The molecule has 1 heterocycles. The lowest BCUT2D eigenvalue weighted by Crippen LogP contribution is -2.26. The molecule has 0 bridgehead atoms. The van der Waals surface area contributed by atoms with Gasteiger partial charge in [-0.1, -0.05) is 6.58 Å². The largest absolute Gasteiger partial charge is 0.466 e. The molecule has 0 aromatic rings. The Morgan fingerprint density at radius 1 is 1.43 bits per heavy atom. The summed E-state index contributed by atoms with van der Waals surface area (Å²) >= 11 is 0. The van der Waals surface area contributed by atoms with Gasteiger partial charge in [-0.25, -0.2) is 4.79 Å². The average Bonchev–Trinajstić information content (AvgIpc) is 2.70. The first-order chi connectivity index (χ1) is 6.61. The van der Waals surface area contributed by atoms with Gasteiger partial charge in [-0.2, -0.15) is 0 Å². The van der Waals surface area contributed by atoms with E-state index in [1.165, 1.54) is 33.0 Å². The Bertz CT molecular complexity index is 172. The van der Waals surface area contributed by atoms with Crippen molar-refractivity contribution in [1.29, 1.82) is 0 Å². The fraction of sp³-hybridized carbons (Fsp3) is 0.727. The molecule has 0 aromatic heterocycles. The molecule has 3 heteroatoms. The molecule has 0 aromatic carbocycles. The number of carbonyl (C=O) groups is 1. The quantitative estimate of drug-likeness (QED) is 0.502. The zero-order valence-electron chi connectivity index (χ0n) is 9.45. The zero-order chi connectivity index (χ0) is 11.0. The van der Waals surface area contributed by atoms with Crippen LogP contribution >= 0.6 is 0 Å². The van der Waals surface area contributed by atoms with Gasteiger partial charge in [0.15, 0.2) is 0 Å². The van der Waals surface area contributed by atoms with Gasteiger partial charge in [-0.05, 0) is 39.8 Å². The predicted molar refractivity (Wildman–Crippen MR) is 58.2 cm³/mol. The number of esters is 1. The van der Waals surface area contributed by atoms with Gasteiger partial charge < -0.3 is 9.64 Å². The van der Waals surface area contributed by atoms with E-state index in [1.54, 1.807) is 0 Å². The summed E-state index contributed by atoms with van der Waals surface area (Å²) in [6.45, 7) is 10.4. The number of hydrogen-bond donors (Lipinski definition) is 0. The van der Waals surface area contributed by atoms with Gasteiger partial charge in [0.05, 0.1) is 7.11 Å². The van der Waals surface area contributed by atoms with E-state index in [4.69, 9.17) is 0 Å². The van der Waals surface area contributed by atoms with Crippen LogP contribution in [0.3, 0.4) is 0 Å². The highest BCUT2D eigenvalue weighted by Gasteiger charge is 2.13. The van der Waals surface area contributed by atoms with Crippen molar-refractivity contribution in [2.24, 2.45) is 0 Å². The van der Waals surface area contributed by atoms with Crippen LogP contribution in [0, 0.1) is 0 Å². The van der Waals surface area contributed by atoms with Crippen molar-refractivity contribution in [2.75, 3.05) is 20.2 Å². The first-order valence-electron chi connectivity index (χ1n) is 5.06. The lowest BCUT2D eigenvalue weighted by molar-refractivity contribution is -0.134. The molecule has 3 nitrogen and oxygen atoms in total. The fourth-order valence-corrected chi connectivity index (χ4v) is 1.34. The molecule has 14 heavy (non-hydrogen) atoms. The summed E-state index contributed by atoms with van der Waals surface area (Å²) in [7, 11) is 1.31. The van der Waals surface area contributed by atoms with Gasteiger partial charge in [-0.3, -0.25) is 0 Å². The second-order valence-electron chi connectivity index (χ2n) is 3.56. The van der Waals surface area contributed by atoms with Crippen LogP contribution < -0.4 is 0 Å². The molecular formula is C11H21NO2. The van der Waals surface area contributed by atoms with E-state index in [1.807, 2.05) is 0 Å². The second-order valence-corrected chi connectivity index (χ2v) is 3.56. The van der Waals surface area contributed by atoms with Crippen molar-refractivity contribution >= 4 is 5.97 Å². The lowest BCUT2D eigenvalue weighted by atomic mass is 10.3. The number of methoxy groups -OCH3 is 1.